The third kappa shape index (κ3) is 5.34. The second-order valence-electron chi connectivity index (χ2n) is 9.49. The van der Waals surface area contributed by atoms with Gasteiger partial charge in [-0.25, -0.2) is 9.97 Å². The molecular weight excluding hydrogens is 468 g/mol. The zero-order valence-electron chi connectivity index (χ0n) is 20.7. The lowest BCUT2D eigenvalue weighted by Gasteiger charge is -2.24. The number of nitrogens with zero attached hydrogens (tertiary/aromatic N) is 3. The van der Waals surface area contributed by atoms with Crippen LogP contribution in [0.4, 0.5) is 5.82 Å². The molecule has 5 rings (SSSR count). The Morgan fingerprint density at radius 3 is 2.64 bits per heavy atom. The van der Waals surface area contributed by atoms with Gasteiger partial charge in [0.2, 0.25) is 0 Å². The minimum absolute atomic E-state index is 0.00530. The summed E-state index contributed by atoms with van der Waals surface area (Å²) in [5.74, 6) is 0.820. The predicted molar refractivity (Wildman–Crippen MR) is 147 cm³/mol. The van der Waals surface area contributed by atoms with Gasteiger partial charge in [0.1, 0.15) is 12.1 Å². The van der Waals surface area contributed by atoms with Crippen molar-refractivity contribution in [3.05, 3.63) is 90.3 Å². The molecule has 0 aliphatic heterocycles. The Labute approximate surface area is 216 Å². The minimum atomic E-state index is -0.368. The van der Waals surface area contributed by atoms with E-state index in [9.17, 15) is 5.11 Å². The van der Waals surface area contributed by atoms with Gasteiger partial charge in [-0.15, -0.1) is 11.3 Å². The summed E-state index contributed by atoms with van der Waals surface area (Å²) in [7, 11) is 3.83. The highest BCUT2D eigenvalue weighted by Gasteiger charge is 2.29. The van der Waals surface area contributed by atoms with Gasteiger partial charge < -0.3 is 15.2 Å². The first-order valence-electron chi connectivity index (χ1n) is 12.2. The van der Waals surface area contributed by atoms with Crippen LogP contribution in [0.25, 0.3) is 20.7 Å². The largest absolute Gasteiger partial charge is 0.389 e. The van der Waals surface area contributed by atoms with Crippen LogP contribution in [0.15, 0.2) is 79.1 Å². The van der Waals surface area contributed by atoms with Gasteiger partial charge in [0.25, 0.3) is 0 Å². The van der Waals surface area contributed by atoms with E-state index in [-0.39, 0.29) is 12.1 Å². The van der Waals surface area contributed by atoms with Crippen molar-refractivity contribution in [1.29, 1.82) is 0 Å². The monoisotopic (exact) mass is 500 g/mol. The molecule has 7 heteroatoms. The van der Waals surface area contributed by atoms with Crippen LogP contribution in [0.3, 0.4) is 0 Å². The van der Waals surface area contributed by atoms with Gasteiger partial charge in [-0.1, -0.05) is 61.2 Å². The van der Waals surface area contributed by atoms with E-state index in [4.69, 9.17) is 4.74 Å². The molecule has 0 amide bonds. The summed E-state index contributed by atoms with van der Waals surface area (Å²) in [6.07, 6.45) is 2.88. The second-order valence-corrected chi connectivity index (χ2v) is 10.5. The molecule has 2 aromatic carbocycles. The van der Waals surface area contributed by atoms with Gasteiger partial charge in [0.05, 0.1) is 29.0 Å². The second kappa shape index (κ2) is 10.9. The average molecular weight is 501 g/mol. The molecule has 3 atom stereocenters. The fourth-order valence-electron chi connectivity index (χ4n) is 4.81. The molecule has 2 aromatic heterocycles. The first-order valence-corrected chi connectivity index (χ1v) is 13.0. The van der Waals surface area contributed by atoms with Crippen LogP contribution in [-0.4, -0.2) is 52.9 Å². The number of benzene rings is 2. The molecule has 1 saturated carbocycles. The number of methoxy groups -OCH3 is 1. The minimum Gasteiger partial charge on any atom is -0.389 e. The average Bonchev–Trinajstić information content (AvgIpc) is 3.48. The fourth-order valence-corrected chi connectivity index (χ4v) is 5.88. The summed E-state index contributed by atoms with van der Waals surface area (Å²) in [5, 5.41) is 13.6. The van der Waals surface area contributed by atoms with Crippen molar-refractivity contribution in [2.75, 3.05) is 26.1 Å². The maximum Gasteiger partial charge on any atom is 0.148 e. The summed E-state index contributed by atoms with van der Waals surface area (Å²) in [4.78, 5) is 12.6. The maximum atomic E-state index is 10.0. The van der Waals surface area contributed by atoms with Gasteiger partial charge >= 0.3 is 0 Å². The van der Waals surface area contributed by atoms with Gasteiger partial charge in [0, 0.05) is 24.6 Å². The summed E-state index contributed by atoms with van der Waals surface area (Å²) in [5.41, 5.74) is 5.44. The van der Waals surface area contributed by atoms with Crippen molar-refractivity contribution < 1.29 is 9.84 Å². The maximum absolute atomic E-state index is 10.0. The van der Waals surface area contributed by atoms with Crippen molar-refractivity contribution in [3.63, 3.8) is 0 Å². The molecule has 2 heterocycles. The van der Waals surface area contributed by atoms with E-state index in [1.165, 1.54) is 5.56 Å². The number of aromatic nitrogens is 2. The van der Waals surface area contributed by atoms with Crippen LogP contribution in [0.1, 0.15) is 30.0 Å². The smallest absolute Gasteiger partial charge is 0.148 e. The number of thiophene rings is 1. The predicted octanol–water partition coefficient (Wildman–Crippen LogP) is 5.67. The molecule has 6 nitrogen and oxygen atoms in total. The number of fused-ring (bicyclic) bond motifs is 1. The Hall–Kier alpha value is -3.10. The van der Waals surface area contributed by atoms with Crippen LogP contribution in [0.5, 0.6) is 0 Å². The van der Waals surface area contributed by atoms with E-state index < -0.39 is 0 Å². The number of nitrogens with one attached hydrogen (secondary N) is 1. The van der Waals surface area contributed by atoms with E-state index in [1.807, 2.05) is 18.2 Å². The van der Waals surface area contributed by atoms with E-state index in [0.29, 0.717) is 12.6 Å². The molecule has 2 N–H and O–H groups in total. The van der Waals surface area contributed by atoms with E-state index >= 15 is 0 Å². The van der Waals surface area contributed by atoms with Crippen molar-refractivity contribution >= 4 is 27.4 Å². The zero-order chi connectivity index (χ0) is 25.1. The summed E-state index contributed by atoms with van der Waals surface area (Å²) in [6.45, 7) is 5.37. The Morgan fingerprint density at radius 2 is 1.94 bits per heavy atom. The number of aliphatic hydroxyl groups excluding tert-OH is 1. The molecule has 36 heavy (non-hydrogen) atoms. The molecule has 1 fully saturated rings. The Kier molecular flexibility index (Phi) is 7.43. The normalized spacial score (nSPS) is 18.7. The van der Waals surface area contributed by atoms with Crippen LogP contribution < -0.4 is 5.32 Å². The lowest BCUT2D eigenvalue weighted by atomic mass is 10.1. The Balaban J connectivity index is 1.33. The van der Waals surface area contributed by atoms with Gasteiger partial charge in [-0.3, -0.25) is 4.90 Å². The number of hydrogen-bond acceptors (Lipinski definition) is 7. The number of aliphatic hydroxyl groups is 1. The van der Waals surface area contributed by atoms with Gasteiger partial charge in [-0.2, -0.15) is 0 Å². The first kappa shape index (κ1) is 24.6. The van der Waals surface area contributed by atoms with Crippen molar-refractivity contribution in [2.45, 2.75) is 37.6 Å². The Morgan fingerprint density at radius 1 is 1.17 bits per heavy atom. The van der Waals surface area contributed by atoms with Crippen molar-refractivity contribution in [3.8, 4) is 10.4 Å². The molecule has 0 spiro atoms. The molecule has 1 aliphatic carbocycles. The molecule has 0 bridgehead atoms. The molecule has 2 unspecified atom stereocenters. The highest BCUT2D eigenvalue weighted by Crippen LogP contribution is 2.37. The molecule has 186 valence electrons. The van der Waals surface area contributed by atoms with E-state index in [2.05, 4.69) is 76.3 Å². The molecular formula is C29H32N4O2S. The van der Waals surface area contributed by atoms with Gasteiger partial charge in [-0.05, 0) is 48.2 Å². The molecule has 0 saturated heterocycles. The van der Waals surface area contributed by atoms with Gasteiger partial charge in [0.15, 0.2) is 0 Å². The number of anilines is 1. The lowest BCUT2D eigenvalue weighted by Crippen LogP contribution is -2.29. The van der Waals surface area contributed by atoms with Crippen LogP contribution in [0, 0.1) is 0 Å². The first-order chi connectivity index (χ1) is 17.5. The SMILES string of the molecule is C=C1CC(N(C)Cc2ccc(-c3cc4ncnc(N[C@H](COC)c5ccccc5)c4s3)cc2)CC1O. The number of ether oxygens (including phenoxy) is 1. The zero-order valence-corrected chi connectivity index (χ0v) is 21.5. The lowest BCUT2D eigenvalue weighted by molar-refractivity contribution is 0.175. The van der Waals surface area contributed by atoms with Crippen LogP contribution in [0.2, 0.25) is 0 Å². The number of rotatable bonds is 9. The molecule has 0 radical (unpaired) electrons. The summed E-state index contributed by atoms with van der Waals surface area (Å²) < 4.78 is 6.51. The van der Waals surface area contributed by atoms with Crippen LogP contribution in [-0.2, 0) is 11.3 Å². The quantitative estimate of drug-likeness (QED) is 0.289. The topological polar surface area (TPSA) is 70.5 Å². The highest BCUT2D eigenvalue weighted by atomic mass is 32.1. The van der Waals surface area contributed by atoms with E-state index in [1.54, 1.807) is 24.8 Å². The molecule has 4 aromatic rings. The van der Waals surface area contributed by atoms with E-state index in [0.717, 1.165) is 57.0 Å². The third-order valence-electron chi connectivity index (χ3n) is 6.92. The third-order valence-corrected chi connectivity index (χ3v) is 8.10. The standard InChI is InChI=1S/C29H32N4O2S/c1-19-13-23(14-26(19)34)33(2)16-20-9-11-22(12-10-20)27-15-24-28(36-27)29(31-18-30-24)32-25(17-35-3)21-7-5-4-6-8-21/h4-12,15,18,23,25-26,34H,1,13-14,16-17H2,2-3H3,(H,30,31,32)/t23?,25-,26?/m1/s1. The van der Waals surface area contributed by atoms with Crippen molar-refractivity contribution in [1.82, 2.24) is 14.9 Å². The summed E-state index contributed by atoms with van der Waals surface area (Å²) in [6, 6.07) is 21.5. The van der Waals surface area contributed by atoms with Crippen molar-refractivity contribution in [2.24, 2.45) is 0 Å². The Bertz CT molecular complexity index is 1320. The summed E-state index contributed by atoms with van der Waals surface area (Å²) >= 11 is 1.70. The highest BCUT2D eigenvalue weighted by molar-refractivity contribution is 7.22. The number of hydrogen-bond donors (Lipinski definition) is 2. The molecule has 1 aliphatic rings. The fraction of sp³-hybridized carbons (Fsp3) is 0.310. The van der Waals surface area contributed by atoms with Crippen LogP contribution >= 0.6 is 11.3 Å².